The number of carboxylic acids is 1. The fourth-order valence-electron chi connectivity index (χ4n) is 4.68. The highest BCUT2D eigenvalue weighted by Crippen LogP contribution is 2.33. The van der Waals surface area contributed by atoms with Crippen LogP contribution in [0.4, 0.5) is 5.69 Å². The summed E-state index contributed by atoms with van der Waals surface area (Å²) in [6.07, 6.45) is 10.8. The van der Waals surface area contributed by atoms with Gasteiger partial charge in [-0.25, -0.2) is 9.59 Å². The van der Waals surface area contributed by atoms with Crippen LogP contribution in [0, 0.1) is 10.1 Å². The lowest BCUT2D eigenvalue weighted by Crippen LogP contribution is -2.10. The van der Waals surface area contributed by atoms with Crippen molar-refractivity contribution in [2.75, 3.05) is 13.2 Å². The second-order valence-corrected chi connectivity index (χ2v) is 10.9. The van der Waals surface area contributed by atoms with Gasteiger partial charge < -0.3 is 19.3 Å². The first-order valence-electron chi connectivity index (χ1n) is 15.7. The minimum atomic E-state index is -0.917. The third-order valence-electron chi connectivity index (χ3n) is 7.35. The van der Waals surface area contributed by atoms with Crippen molar-refractivity contribution in [1.29, 1.82) is 0 Å². The smallest absolute Gasteiger partial charge is 0.343 e. The molecule has 0 aliphatic heterocycles. The van der Waals surface area contributed by atoms with Gasteiger partial charge in [-0.3, -0.25) is 10.1 Å². The molecule has 0 aliphatic carbocycles. The maximum absolute atomic E-state index is 12.8. The van der Waals surface area contributed by atoms with Gasteiger partial charge in [-0.2, -0.15) is 0 Å². The van der Waals surface area contributed by atoms with Crippen LogP contribution in [-0.4, -0.2) is 35.2 Å². The molecule has 0 saturated carbocycles. The second-order valence-electron chi connectivity index (χ2n) is 10.9. The van der Waals surface area contributed by atoms with Gasteiger partial charge in [-0.05, 0) is 79.3 Å². The van der Waals surface area contributed by atoms with Gasteiger partial charge in [0, 0.05) is 11.6 Å². The average Bonchev–Trinajstić information content (AvgIpc) is 3.04. The van der Waals surface area contributed by atoms with Gasteiger partial charge >= 0.3 is 17.6 Å². The molecule has 3 aromatic rings. The fourth-order valence-corrected chi connectivity index (χ4v) is 4.68. The van der Waals surface area contributed by atoms with E-state index < -0.39 is 16.9 Å². The summed E-state index contributed by atoms with van der Waals surface area (Å²) in [6, 6.07) is 18.4. The quantitative estimate of drug-likeness (QED) is 0.0313. The number of hydrogen-bond acceptors (Lipinski definition) is 7. The van der Waals surface area contributed by atoms with Gasteiger partial charge in [-0.1, -0.05) is 76.6 Å². The molecule has 3 rings (SSSR count). The van der Waals surface area contributed by atoms with E-state index in [1.807, 2.05) is 24.3 Å². The highest BCUT2D eigenvalue weighted by atomic mass is 16.6. The van der Waals surface area contributed by atoms with Gasteiger partial charge in [0.05, 0.1) is 23.7 Å². The number of carboxylic acid groups (broad SMARTS) is 1. The lowest BCUT2D eigenvalue weighted by atomic mass is 10.0. The minimum absolute atomic E-state index is 0.129. The molecule has 0 bridgehead atoms. The van der Waals surface area contributed by atoms with Crippen LogP contribution in [0.1, 0.15) is 87.9 Å². The third kappa shape index (κ3) is 12.1. The topological polar surface area (TPSA) is 125 Å². The number of benzene rings is 3. The molecule has 3 aromatic carbocycles. The number of rotatable bonds is 21. The number of ether oxygens (including phenoxy) is 3. The summed E-state index contributed by atoms with van der Waals surface area (Å²) >= 11 is 0. The van der Waals surface area contributed by atoms with E-state index in [0.29, 0.717) is 30.9 Å². The number of nitrogens with zero attached hydrogens (tertiary/aromatic N) is 1. The van der Waals surface area contributed by atoms with Crippen LogP contribution in [0.25, 0.3) is 11.1 Å². The zero-order valence-corrected chi connectivity index (χ0v) is 26.0. The Morgan fingerprint density at radius 3 is 1.87 bits per heavy atom. The van der Waals surface area contributed by atoms with E-state index in [2.05, 4.69) is 13.5 Å². The van der Waals surface area contributed by atoms with Crippen LogP contribution in [0.5, 0.6) is 17.2 Å². The van der Waals surface area contributed by atoms with Crippen molar-refractivity contribution < 1.29 is 33.8 Å². The Bertz CT molecular complexity index is 1400. The van der Waals surface area contributed by atoms with Crippen molar-refractivity contribution in [3.05, 3.63) is 94.6 Å². The Morgan fingerprint density at radius 1 is 0.756 bits per heavy atom. The van der Waals surface area contributed by atoms with E-state index in [-0.39, 0.29) is 22.6 Å². The van der Waals surface area contributed by atoms with Crippen LogP contribution in [0.3, 0.4) is 0 Å². The number of nitro groups is 1. The zero-order valence-electron chi connectivity index (χ0n) is 26.0. The normalized spacial score (nSPS) is 10.7. The van der Waals surface area contributed by atoms with E-state index in [0.717, 1.165) is 75.5 Å². The van der Waals surface area contributed by atoms with Gasteiger partial charge in [-0.15, -0.1) is 0 Å². The molecule has 0 heterocycles. The van der Waals surface area contributed by atoms with Gasteiger partial charge in [0.2, 0.25) is 5.75 Å². The van der Waals surface area contributed by atoms with Crippen molar-refractivity contribution >= 4 is 17.6 Å². The number of unbranched alkanes of at least 4 members (excludes halogenated alkanes) is 8. The Hall–Kier alpha value is -4.66. The van der Waals surface area contributed by atoms with Crippen LogP contribution >= 0.6 is 0 Å². The van der Waals surface area contributed by atoms with Crippen molar-refractivity contribution in [1.82, 2.24) is 0 Å². The Labute approximate surface area is 265 Å². The lowest BCUT2D eigenvalue weighted by Gasteiger charge is -2.10. The predicted molar refractivity (Wildman–Crippen MR) is 174 cm³/mol. The molecule has 0 spiro atoms. The molecule has 0 amide bonds. The van der Waals surface area contributed by atoms with Crippen molar-refractivity contribution in [2.24, 2.45) is 0 Å². The van der Waals surface area contributed by atoms with E-state index in [1.165, 1.54) is 12.1 Å². The number of nitro benzene ring substituents is 1. The molecular weight excluding hydrogens is 574 g/mol. The molecule has 45 heavy (non-hydrogen) atoms. The standard InChI is InChI=1S/C36H43NO8/c1-3-4-11-24-43-31-19-14-28(15-20-31)30-18-23-34(33(26-30)37(41)42)45-36(40)29-16-21-32(22-17-29)44-25-12-9-7-5-6-8-10-13-27(2)35(38)39/h14-23,26H,2-13,24-25H2,1H3,(H,38,39). The largest absolute Gasteiger partial charge is 0.494 e. The summed E-state index contributed by atoms with van der Waals surface area (Å²) in [5, 5.41) is 20.6. The molecule has 240 valence electrons. The number of esters is 1. The molecule has 0 atom stereocenters. The first kappa shape index (κ1) is 34.8. The molecule has 9 heteroatoms. The number of hydrogen-bond donors (Lipinski definition) is 1. The molecule has 0 aliphatic rings. The Balaban J connectivity index is 1.43. The third-order valence-corrected chi connectivity index (χ3v) is 7.35. The van der Waals surface area contributed by atoms with E-state index in [4.69, 9.17) is 19.3 Å². The van der Waals surface area contributed by atoms with E-state index in [1.54, 1.807) is 30.3 Å². The summed E-state index contributed by atoms with van der Waals surface area (Å²) < 4.78 is 16.9. The summed E-state index contributed by atoms with van der Waals surface area (Å²) in [7, 11) is 0. The molecule has 1 N–H and O–H groups in total. The van der Waals surface area contributed by atoms with Crippen LogP contribution < -0.4 is 14.2 Å². The van der Waals surface area contributed by atoms with Gasteiger partial charge in [0.25, 0.3) is 0 Å². The fraction of sp³-hybridized carbons (Fsp3) is 0.389. The number of aliphatic carboxylic acids is 1. The minimum Gasteiger partial charge on any atom is -0.494 e. The Kier molecular flexibility index (Phi) is 14.6. The molecule has 0 saturated heterocycles. The SMILES string of the molecule is C=C(CCCCCCCCCOc1ccc(C(=O)Oc2ccc(-c3ccc(OCCCCC)cc3)cc2[N+](=O)[O-])cc1)C(=O)O. The number of carbonyl (C=O) groups is 2. The van der Waals surface area contributed by atoms with Crippen molar-refractivity contribution in [3.8, 4) is 28.4 Å². The van der Waals surface area contributed by atoms with Crippen LogP contribution in [0.2, 0.25) is 0 Å². The average molecular weight is 618 g/mol. The van der Waals surface area contributed by atoms with Gasteiger partial charge in [0.15, 0.2) is 0 Å². The highest BCUT2D eigenvalue weighted by Gasteiger charge is 2.20. The molecule has 0 aromatic heterocycles. The maximum Gasteiger partial charge on any atom is 0.343 e. The summed E-state index contributed by atoms with van der Waals surface area (Å²) in [4.78, 5) is 34.8. The predicted octanol–water partition coefficient (Wildman–Crippen LogP) is 9.19. The first-order chi connectivity index (χ1) is 21.8. The molecule has 9 nitrogen and oxygen atoms in total. The van der Waals surface area contributed by atoms with Gasteiger partial charge in [0.1, 0.15) is 11.5 Å². The van der Waals surface area contributed by atoms with E-state index >= 15 is 0 Å². The summed E-state index contributed by atoms with van der Waals surface area (Å²) in [6.45, 7) is 6.88. The molecule has 0 radical (unpaired) electrons. The number of carbonyl (C=O) groups excluding carboxylic acids is 1. The Morgan fingerprint density at radius 2 is 1.29 bits per heavy atom. The zero-order chi connectivity index (χ0) is 32.4. The monoisotopic (exact) mass is 617 g/mol. The molecule has 0 unspecified atom stereocenters. The summed E-state index contributed by atoms with van der Waals surface area (Å²) in [5.74, 6) is -0.379. The van der Waals surface area contributed by atoms with Crippen LogP contribution in [0.15, 0.2) is 78.9 Å². The molecular formula is C36H43NO8. The van der Waals surface area contributed by atoms with Crippen molar-refractivity contribution in [3.63, 3.8) is 0 Å². The summed E-state index contributed by atoms with van der Waals surface area (Å²) in [5.41, 5.74) is 1.63. The first-order valence-corrected chi connectivity index (χ1v) is 15.7. The molecule has 0 fully saturated rings. The van der Waals surface area contributed by atoms with Crippen molar-refractivity contribution in [2.45, 2.75) is 77.6 Å². The van der Waals surface area contributed by atoms with E-state index in [9.17, 15) is 19.7 Å². The van der Waals surface area contributed by atoms with Crippen LogP contribution in [-0.2, 0) is 4.79 Å². The maximum atomic E-state index is 12.8. The lowest BCUT2D eigenvalue weighted by molar-refractivity contribution is -0.385. The second kappa shape index (κ2) is 18.9. The highest BCUT2D eigenvalue weighted by molar-refractivity contribution is 5.92.